The highest BCUT2D eigenvalue weighted by molar-refractivity contribution is 9.10. The monoisotopic (exact) mass is 357 g/mol. The van der Waals surface area contributed by atoms with Gasteiger partial charge in [-0.1, -0.05) is 11.6 Å². The molecule has 0 saturated heterocycles. The Morgan fingerprint density at radius 1 is 1.15 bits per heavy atom. The van der Waals surface area contributed by atoms with E-state index in [0.29, 0.717) is 20.9 Å². The lowest BCUT2D eigenvalue weighted by molar-refractivity contribution is 0.254. The van der Waals surface area contributed by atoms with Gasteiger partial charge < -0.3 is 5.32 Å². The molecule has 2 aromatic carbocycles. The van der Waals surface area contributed by atoms with Crippen molar-refractivity contribution in [2.24, 2.45) is 0 Å². The number of rotatable bonds is 3. The van der Waals surface area contributed by atoms with E-state index in [2.05, 4.69) is 32.1 Å². The van der Waals surface area contributed by atoms with E-state index in [-0.39, 0.29) is 5.82 Å². The smallest absolute Gasteiger partial charge is 0.307 e. The molecular formula is C13H10BrClFN3O. The Bertz CT molecular complexity index is 622. The van der Waals surface area contributed by atoms with Crippen LogP contribution in [0.2, 0.25) is 5.02 Å². The topological polar surface area (TPSA) is 53.2 Å². The van der Waals surface area contributed by atoms with Crippen molar-refractivity contribution in [3.05, 3.63) is 57.8 Å². The third-order valence-corrected chi connectivity index (χ3v) is 3.25. The SMILES string of the molecule is O=C(NNc1ccc(F)cc1Br)Nc1ccc(Cl)cc1. The van der Waals surface area contributed by atoms with Gasteiger partial charge in [-0.15, -0.1) is 0 Å². The summed E-state index contributed by atoms with van der Waals surface area (Å²) in [6.45, 7) is 0. The maximum absolute atomic E-state index is 12.9. The number of benzene rings is 2. The summed E-state index contributed by atoms with van der Waals surface area (Å²) in [4.78, 5) is 11.6. The summed E-state index contributed by atoms with van der Waals surface area (Å²) in [5, 5.41) is 3.20. The van der Waals surface area contributed by atoms with Gasteiger partial charge in [-0.2, -0.15) is 0 Å². The zero-order chi connectivity index (χ0) is 14.5. The fourth-order valence-corrected chi connectivity index (χ4v) is 1.99. The largest absolute Gasteiger partial charge is 0.337 e. The number of carbonyl (C=O) groups is 1. The lowest BCUT2D eigenvalue weighted by Gasteiger charge is -2.11. The minimum absolute atomic E-state index is 0.368. The molecule has 2 rings (SSSR count). The predicted octanol–water partition coefficient (Wildman–Crippen LogP) is 4.39. The highest BCUT2D eigenvalue weighted by Gasteiger charge is 2.04. The van der Waals surface area contributed by atoms with Crippen molar-refractivity contribution in [3.8, 4) is 0 Å². The van der Waals surface area contributed by atoms with E-state index in [9.17, 15) is 9.18 Å². The van der Waals surface area contributed by atoms with Gasteiger partial charge in [0.15, 0.2) is 0 Å². The average molecular weight is 359 g/mol. The molecule has 2 aromatic rings. The van der Waals surface area contributed by atoms with Crippen LogP contribution in [-0.2, 0) is 0 Å². The quantitative estimate of drug-likeness (QED) is 0.713. The number of urea groups is 1. The molecule has 0 bridgehead atoms. The molecule has 0 aliphatic carbocycles. The molecule has 0 radical (unpaired) electrons. The van der Waals surface area contributed by atoms with E-state index >= 15 is 0 Å². The fourth-order valence-electron chi connectivity index (χ4n) is 1.41. The van der Waals surface area contributed by atoms with Crippen LogP contribution in [0, 0.1) is 5.82 Å². The van der Waals surface area contributed by atoms with Gasteiger partial charge in [-0.3, -0.25) is 10.9 Å². The second kappa shape index (κ2) is 6.58. The molecule has 0 aromatic heterocycles. The van der Waals surface area contributed by atoms with Crippen LogP contribution in [0.3, 0.4) is 0 Å². The predicted molar refractivity (Wildman–Crippen MR) is 81.3 cm³/mol. The number of hydrogen-bond donors (Lipinski definition) is 3. The van der Waals surface area contributed by atoms with Crippen molar-refractivity contribution >= 4 is 44.9 Å². The maximum Gasteiger partial charge on any atom is 0.337 e. The van der Waals surface area contributed by atoms with Crippen molar-refractivity contribution in [1.29, 1.82) is 0 Å². The molecule has 3 N–H and O–H groups in total. The fraction of sp³-hybridized carbons (Fsp3) is 0. The van der Waals surface area contributed by atoms with Crippen molar-refractivity contribution in [1.82, 2.24) is 5.43 Å². The van der Waals surface area contributed by atoms with Crippen LogP contribution >= 0.6 is 27.5 Å². The summed E-state index contributed by atoms with van der Waals surface area (Å²) in [7, 11) is 0. The number of amides is 2. The van der Waals surface area contributed by atoms with Crippen molar-refractivity contribution in [3.63, 3.8) is 0 Å². The Morgan fingerprint density at radius 2 is 1.85 bits per heavy atom. The molecule has 4 nitrogen and oxygen atoms in total. The molecule has 0 saturated carbocycles. The van der Waals surface area contributed by atoms with E-state index in [1.165, 1.54) is 18.2 Å². The second-order valence-electron chi connectivity index (χ2n) is 3.84. The molecular weight excluding hydrogens is 349 g/mol. The molecule has 0 atom stereocenters. The van der Waals surface area contributed by atoms with Crippen molar-refractivity contribution in [2.75, 3.05) is 10.7 Å². The van der Waals surface area contributed by atoms with Crippen LogP contribution in [-0.4, -0.2) is 6.03 Å². The van der Waals surface area contributed by atoms with Gasteiger partial charge in [0.05, 0.1) is 5.69 Å². The number of carbonyl (C=O) groups excluding carboxylic acids is 1. The zero-order valence-electron chi connectivity index (χ0n) is 10.1. The second-order valence-corrected chi connectivity index (χ2v) is 5.13. The Morgan fingerprint density at radius 3 is 2.50 bits per heavy atom. The summed E-state index contributed by atoms with van der Waals surface area (Å²) in [6, 6.07) is 10.3. The van der Waals surface area contributed by atoms with Crippen LogP contribution < -0.4 is 16.2 Å². The number of halogens is 3. The maximum atomic E-state index is 12.9. The Labute approximate surface area is 128 Å². The molecule has 20 heavy (non-hydrogen) atoms. The van der Waals surface area contributed by atoms with E-state index in [4.69, 9.17) is 11.6 Å². The van der Waals surface area contributed by atoms with Gasteiger partial charge in [0, 0.05) is 15.2 Å². The van der Waals surface area contributed by atoms with Gasteiger partial charge in [0.2, 0.25) is 0 Å². The van der Waals surface area contributed by atoms with Crippen LogP contribution in [0.5, 0.6) is 0 Å². The molecule has 0 aliphatic rings. The number of nitrogens with one attached hydrogen (secondary N) is 3. The van der Waals surface area contributed by atoms with E-state index < -0.39 is 6.03 Å². The summed E-state index contributed by atoms with van der Waals surface area (Å²) in [5.41, 5.74) is 6.25. The van der Waals surface area contributed by atoms with E-state index in [1.807, 2.05) is 0 Å². The van der Waals surface area contributed by atoms with Crippen LogP contribution in [0.15, 0.2) is 46.9 Å². The lowest BCUT2D eigenvalue weighted by Crippen LogP contribution is -2.33. The standard InChI is InChI=1S/C13H10BrClFN3O/c14-11-7-9(16)3-6-12(11)18-19-13(20)17-10-4-1-8(15)2-5-10/h1-7,18H,(H2,17,19,20). The van der Waals surface area contributed by atoms with E-state index in [0.717, 1.165) is 0 Å². The highest BCUT2D eigenvalue weighted by Crippen LogP contribution is 2.22. The average Bonchev–Trinajstić information content (AvgIpc) is 2.40. The molecule has 104 valence electrons. The third-order valence-electron chi connectivity index (χ3n) is 2.34. The zero-order valence-corrected chi connectivity index (χ0v) is 12.4. The molecule has 7 heteroatoms. The summed E-state index contributed by atoms with van der Waals surface area (Å²) >= 11 is 8.93. The number of hydrogen-bond acceptors (Lipinski definition) is 2. The molecule has 0 aliphatic heterocycles. The van der Waals surface area contributed by atoms with Crippen LogP contribution in [0.25, 0.3) is 0 Å². The summed E-state index contributed by atoms with van der Waals surface area (Å²) in [6.07, 6.45) is 0. The molecule has 0 spiro atoms. The van der Waals surface area contributed by atoms with Gasteiger partial charge in [-0.05, 0) is 58.4 Å². The first kappa shape index (κ1) is 14.6. The minimum Gasteiger partial charge on any atom is -0.307 e. The Balaban J connectivity index is 1.90. The van der Waals surface area contributed by atoms with Crippen molar-refractivity contribution < 1.29 is 9.18 Å². The minimum atomic E-state index is -0.455. The molecule has 0 unspecified atom stereocenters. The first-order valence-electron chi connectivity index (χ1n) is 5.58. The third kappa shape index (κ3) is 4.11. The highest BCUT2D eigenvalue weighted by atomic mass is 79.9. The Kier molecular flexibility index (Phi) is 4.81. The summed E-state index contributed by atoms with van der Waals surface area (Å²) in [5.74, 6) is -0.368. The molecule has 0 heterocycles. The van der Waals surface area contributed by atoms with Gasteiger partial charge >= 0.3 is 6.03 Å². The summed E-state index contributed by atoms with van der Waals surface area (Å²) < 4.78 is 13.4. The number of hydrazine groups is 1. The first-order chi connectivity index (χ1) is 9.54. The Hall–Kier alpha value is -1.79. The van der Waals surface area contributed by atoms with E-state index in [1.54, 1.807) is 24.3 Å². The van der Waals surface area contributed by atoms with Gasteiger partial charge in [0.25, 0.3) is 0 Å². The molecule has 0 fully saturated rings. The van der Waals surface area contributed by atoms with Gasteiger partial charge in [-0.25, -0.2) is 9.18 Å². The van der Waals surface area contributed by atoms with Crippen LogP contribution in [0.4, 0.5) is 20.6 Å². The van der Waals surface area contributed by atoms with Crippen molar-refractivity contribution in [2.45, 2.75) is 0 Å². The molecule has 2 amide bonds. The van der Waals surface area contributed by atoms with Crippen LogP contribution in [0.1, 0.15) is 0 Å². The van der Waals surface area contributed by atoms with Gasteiger partial charge in [0.1, 0.15) is 5.82 Å². The first-order valence-corrected chi connectivity index (χ1v) is 6.75. The lowest BCUT2D eigenvalue weighted by atomic mass is 10.3. The number of anilines is 2. The normalized spacial score (nSPS) is 9.95.